The van der Waals surface area contributed by atoms with Gasteiger partial charge in [0.1, 0.15) is 17.7 Å². The predicted octanol–water partition coefficient (Wildman–Crippen LogP) is 1.38. The Morgan fingerprint density at radius 1 is 1.18 bits per heavy atom. The standard InChI is InChI=1S/C22H21FN8O4.C2H4O2/c1-34-15-9-13(14(23)10-16(15)35-2)17(28-12-5-3-11(4-6-12)18(24)25)19-29-22(33)31(30-19)20-21(32)27-8-7-26-20;1-2(3)4/h3-10,17,28H,1-2H3,(H3,24,25)(H,27,32)(H,29,30,33);1H3,(H,3,4). The molecule has 7 N–H and O–H groups in total. The number of methoxy groups -OCH3 is 2. The van der Waals surface area contributed by atoms with E-state index in [-0.39, 0.29) is 34.5 Å². The van der Waals surface area contributed by atoms with E-state index in [1.54, 1.807) is 24.3 Å². The van der Waals surface area contributed by atoms with Gasteiger partial charge in [-0.1, -0.05) is 0 Å². The molecule has 0 radical (unpaired) electrons. The molecule has 0 saturated carbocycles. The summed E-state index contributed by atoms with van der Waals surface area (Å²) in [7, 11) is 2.79. The van der Waals surface area contributed by atoms with E-state index >= 15 is 4.39 Å². The first-order valence-corrected chi connectivity index (χ1v) is 11.1. The van der Waals surface area contributed by atoms with Crippen LogP contribution < -0.4 is 31.8 Å². The molecule has 0 amide bonds. The van der Waals surface area contributed by atoms with Crippen LogP contribution in [-0.4, -0.2) is 55.9 Å². The van der Waals surface area contributed by atoms with Crippen LogP contribution in [0.5, 0.6) is 11.5 Å². The second kappa shape index (κ2) is 12.2. The van der Waals surface area contributed by atoms with Crippen molar-refractivity contribution in [1.29, 1.82) is 5.41 Å². The van der Waals surface area contributed by atoms with Gasteiger partial charge in [0.2, 0.25) is 5.82 Å². The number of aromatic nitrogens is 5. The minimum atomic E-state index is -1.03. The van der Waals surface area contributed by atoms with Gasteiger partial charge in [0, 0.05) is 42.2 Å². The number of amidine groups is 1. The molecule has 1 atom stereocenters. The van der Waals surface area contributed by atoms with Crippen molar-refractivity contribution in [3.63, 3.8) is 0 Å². The van der Waals surface area contributed by atoms with E-state index in [0.717, 1.165) is 17.7 Å². The molecular weight excluding hydrogens is 515 g/mol. The number of carboxylic acid groups (broad SMARTS) is 1. The van der Waals surface area contributed by atoms with Crippen LogP contribution >= 0.6 is 0 Å². The molecule has 2 aromatic carbocycles. The summed E-state index contributed by atoms with van der Waals surface area (Å²) >= 11 is 0. The SMILES string of the molecule is CC(=O)O.COc1cc(F)c(C(Nc2ccc(C(=N)N)cc2)c2nn(-c3ncc[nH]c3=O)c(=O)[nH]2)cc1OC. The Kier molecular flexibility index (Phi) is 8.78. The van der Waals surface area contributed by atoms with Crippen LogP contribution in [0.4, 0.5) is 10.1 Å². The van der Waals surface area contributed by atoms with E-state index in [2.05, 4.69) is 25.4 Å². The maximum absolute atomic E-state index is 15.2. The summed E-state index contributed by atoms with van der Waals surface area (Å²) < 4.78 is 26.5. The van der Waals surface area contributed by atoms with E-state index < -0.39 is 29.1 Å². The van der Waals surface area contributed by atoms with E-state index in [9.17, 15) is 9.59 Å². The molecule has 2 heterocycles. The molecule has 0 bridgehead atoms. The van der Waals surface area contributed by atoms with Gasteiger partial charge in [-0.3, -0.25) is 20.0 Å². The highest BCUT2D eigenvalue weighted by atomic mass is 19.1. The average Bonchev–Trinajstić information content (AvgIpc) is 3.28. The molecule has 1 unspecified atom stereocenters. The van der Waals surface area contributed by atoms with Gasteiger partial charge < -0.3 is 30.6 Å². The third-order valence-electron chi connectivity index (χ3n) is 5.12. The number of carboxylic acids is 1. The average molecular weight is 541 g/mol. The van der Waals surface area contributed by atoms with Gasteiger partial charge in [0.25, 0.3) is 11.5 Å². The van der Waals surface area contributed by atoms with Crippen LogP contribution in [0.25, 0.3) is 5.82 Å². The van der Waals surface area contributed by atoms with Crippen LogP contribution in [0.3, 0.4) is 0 Å². The number of nitrogens with zero attached hydrogens (tertiary/aromatic N) is 3. The van der Waals surface area contributed by atoms with Gasteiger partial charge in [-0.2, -0.15) is 4.68 Å². The van der Waals surface area contributed by atoms with E-state index in [4.69, 9.17) is 30.5 Å². The Hall–Kier alpha value is -5.47. The number of hydrogen-bond donors (Lipinski definition) is 6. The Balaban J connectivity index is 0.000000983. The van der Waals surface area contributed by atoms with Crippen LogP contribution in [0.15, 0.2) is 58.4 Å². The normalized spacial score (nSPS) is 11.1. The number of rotatable bonds is 8. The highest BCUT2D eigenvalue weighted by molar-refractivity contribution is 5.95. The van der Waals surface area contributed by atoms with Gasteiger partial charge in [0.05, 0.1) is 14.2 Å². The third-order valence-corrected chi connectivity index (χ3v) is 5.12. The zero-order valence-corrected chi connectivity index (χ0v) is 21.0. The van der Waals surface area contributed by atoms with Crippen LogP contribution in [0.1, 0.15) is 29.9 Å². The molecule has 0 fully saturated rings. The number of H-pyrrole nitrogens is 2. The minimum absolute atomic E-state index is 0.00168. The first kappa shape index (κ1) is 28.1. The van der Waals surface area contributed by atoms with Crippen LogP contribution in [0, 0.1) is 11.2 Å². The fourth-order valence-corrected chi connectivity index (χ4v) is 3.41. The molecule has 15 heteroatoms. The smallest absolute Gasteiger partial charge is 0.349 e. The highest BCUT2D eigenvalue weighted by Gasteiger charge is 2.26. The van der Waals surface area contributed by atoms with Crippen LogP contribution in [-0.2, 0) is 4.79 Å². The Morgan fingerprint density at radius 2 is 1.79 bits per heavy atom. The molecule has 0 saturated heterocycles. The molecular formula is C24H25FN8O6. The third kappa shape index (κ3) is 6.65. The van der Waals surface area contributed by atoms with E-state index in [1.165, 1.54) is 32.7 Å². The van der Waals surface area contributed by atoms with Gasteiger partial charge in [0.15, 0.2) is 17.3 Å². The maximum atomic E-state index is 15.2. The van der Waals surface area contributed by atoms with Crippen molar-refractivity contribution in [1.82, 2.24) is 24.7 Å². The summed E-state index contributed by atoms with van der Waals surface area (Å²) in [6.45, 7) is 1.08. The number of halogens is 1. The predicted molar refractivity (Wildman–Crippen MR) is 138 cm³/mol. The maximum Gasteiger partial charge on any atom is 0.349 e. The zero-order chi connectivity index (χ0) is 28.7. The lowest BCUT2D eigenvalue weighted by Crippen LogP contribution is -2.25. The summed E-state index contributed by atoms with van der Waals surface area (Å²) in [5.74, 6) is -1.42. The second-order valence-electron chi connectivity index (χ2n) is 7.79. The molecule has 14 nitrogen and oxygen atoms in total. The molecule has 0 aliphatic heterocycles. The molecule has 4 rings (SSSR count). The Labute approximate surface area is 219 Å². The first-order valence-electron chi connectivity index (χ1n) is 11.1. The van der Waals surface area contributed by atoms with Gasteiger partial charge in [-0.05, 0) is 30.3 Å². The number of carbonyl (C=O) groups is 1. The summed E-state index contributed by atoms with van der Waals surface area (Å²) in [4.78, 5) is 42.7. The summed E-state index contributed by atoms with van der Waals surface area (Å²) in [5, 5.41) is 22.3. The lowest BCUT2D eigenvalue weighted by Gasteiger charge is -2.20. The second-order valence-corrected chi connectivity index (χ2v) is 7.79. The number of nitrogen functional groups attached to an aromatic ring is 1. The number of hydrogen-bond acceptors (Lipinski definition) is 9. The van der Waals surface area contributed by atoms with E-state index in [1.807, 2.05) is 0 Å². The summed E-state index contributed by atoms with van der Waals surface area (Å²) in [6, 6.07) is 8.04. The lowest BCUT2D eigenvalue weighted by molar-refractivity contribution is -0.134. The van der Waals surface area contributed by atoms with Crippen molar-refractivity contribution in [2.45, 2.75) is 13.0 Å². The largest absolute Gasteiger partial charge is 0.493 e. The molecule has 0 aliphatic carbocycles. The molecule has 0 spiro atoms. The minimum Gasteiger partial charge on any atom is -0.493 e. The van der Waals surface area contributed by atoms with Gasteiger partial charge in [-0.15, -0.1) is 5.10 Å². The zero-order valence-electron chi connectivity index (χ0n) is 21.0. The van der Waals surface area contributed by atoms with E-state index in [0.29, 0.717) is 11.3 Å². The molecule has 4 aromatic rings. The van der Waals surface area contributed by atoms with Crippen LogP contribution in [0.2, 0.25) is 0 Å². The highest BCUT2D eigenvalue weighted by Crippen LogP contribution is 2.35. The van der Waals surface area contributed by atoms with Crippen molar-refractivity contribution in [3.05, 3.63) is 92.4 Å². The fourth-order valence-electron chi connectivity index (χ4n) is 3.41. The first-order chi connectivity index (χ1) is 18.5. The monoisotopic (exact) mass is 540 g/mol. The van der Waals surface area contributed by atoms with Crippen molar-refractivity contribution >= 4 is 17.5 Å². The molecule has 204 valence electrons. The summed E-state index contributed by atoms with van der Waals surface area (Å²) in [6.07, 6.45) is 2.62. The number of aromatic amines is 2. The number of aliphatic carboxylic acids is 1. The Bertz CT molecular complexity index is 1590. The molecule has 0 aliphatic rings. The van der Waals surface area contributed by atoms with Crippen molar-refractivity contribution in [3.8, 4) is 17.3 Å². The quantitative estimate of drug-likeness (QED) is 0.139. The number of anilines is 1. The number of nitrogens with one attached hydrogen (secondary N) is 4. The van der Waals surface area contributed by atoms with Crippen molar-refractivity contribution in [2.75, 3.05) is 19.5 Å². The summed E-state index contributed by atoms with van der Waals surface area (Å²) in [5.41, 5.74) is 5.23. The fraction of sp³-hybridized carbons (Fsp3) is 0.167. The number of ether oxygens (including phenoxy) is 2. The van der Waals surface area contributed by atoms with Gasteiger partial charge >= 0.3 is 5.69 Å². The topological polar surface area (TPSA) is 214 Å². The molecule has 39 heavy (non-hydrogen) atoms. The molecule has 2 aromatic heterocycles. The lowest BCUT2D eigenvalue weighted by atomic mass is 10.0. The van der Waals surface area contributed by atoms with Crippen molar-refractivity contribution < 1.29 is 23.8 Å². The number of benzene rings is 2. The van der Waals surface area contributed by atoms with Gasteiger partial charge in [-0.25, -0.2) is 14.2 Å². The Morgan fingerprint density at radius 3 is 2.36 bits per heavy atom. The number of nitrogens with two attached hydrogens (primary N) is 1. The van der Waals surface area contributed by atoms with Crippen molar-refractivity contribution in [2.24, 2.45) is 5.73 Å².